The van der Waals surface area contributed by atoms with E-state index < -0.39 is 5.97 Å². The molecule has 0 fully saturated rings. The quantitative estimate of drug-likeness (QED) is 0.733. The lowest BCUT2D eigenvalue weighted by molar-refractivity contribution is -0.137. The predicted octanol–water partition coefficient (Wildman–Crippen LogP) is 5.12. The van der Waals surface area contributed by atoms with Gasteiger partial charge in [-0.3, -0.25) is 4.79 Å². The van der Waals surface area contributed by atoms with Crippen molar-refractivity contribution in [3.8, 4) is 5.75 Å². The fourth-order valence-electron chi connectivity index (χ4n) is 0.891. The summed E-state index contributed by atoms with van der Waals surface area (Å²) in [5, 5.41) is 8.36. The molecule has 1 aromatic carbocycles. The van der Waals surface area contributed by atoms with Gasteiger partial charge in [0.15, 0.2) is 0 Å². The number of aryl methyl sites for hydroxylation is 1. The maximum Gasteiger partial charge on any atom is 0.306 e. The molecule has 0 heterocycles. The molecule has 3 nitrogen and oxygen atoms in total. The average Bonchev–Trinajstić information content (AvgIpc) is 2.49. The van der Waals surface area contributed by atoms with E-state index >= 15 is 0 Å². The molecule has 122 valence electrons. The topological polar surface area (TPSA) is 46.5 Å². The lowest BCUT2D eigenvalue weighted by atomic mass is 10.2. The van der Waals surface area contributed by atoms with Crippen molar-refractivity contribution in [1.82, 2.24) is 0 Å². The van der Waals surface area contributed by atoms with E-state index in [0.717, 1.165) is 30.2 Å². The number of carboxylic acid groups (broad SMARTS) is 1. The Balaban J connectivity index is 0. The molecule has 21 heavy (non-hydrogen) atoms. The summed E-state index contributed by atoms with van der Waals surface area (Å²) in [7, 11) is 0. The first kappa shape index (κ1) is 22.4. The van der Waals surface area contributed by atoms with Crippen molar-refractivity contribution in [1.29, 1.82) is 0 Å². The van der Waals surface area contributed by atoms with Gasteiger partial charge in [-0.05, 0) is 31.9 Å². The van der Waals surface area contributed by atoms with Crippen LogP contribution in [0.15, 0.2) is 24.3 Å². The number of rotatable bonds is 6. The molecule has 0 aliphatic rings. The maximum atomic E-state index is 10.2. The van der Waals surface area contributed by atoms with Crippen LogP contribution < -0.4 is 4.74 Å². The van der Waals surface area contributed by atoms with Gasteiger partial charge in [0.25, 0.3) is 0 Å². The number of carbonyl (C=O) groups is 1. The van der Waals surface area contributed by atoms with Gasteiger partial charge >= 0.3 is 5.97 Å². The summed E-state index contributed by atoms with van der Waals surface area (Å²) in [6.07, 6.45) is 2.21. The third kappa shape index (κ3) is 19.1. The molecule has 0 atom stereocenters. The van der Waals surface area contributed by atoms with Crippen LogP contribution in [0.4, 0.5) is 0 Å². The third-order valence-corrected chi connectivity index (χ3v) is 2.74. The zero-order valence-corrected chi connectivity index (χ0v) is 14.6. The van der Waals surface area contributed by atoms with E-state index in [9.17, 15) is 4.79 Å². The molecule has 5 heteroatoms. The van der Waals surface area contributed by atoms with Crippen LogP contribution in [-0.4, -0.2) is 29.4 Å². The molecular formula is C16H26Cl2O3. The van der Waals surface area contributed by atoms with Crippen molar-refractivity contribution in [3.63, 3.8) is 0 Å². The van der Waals surface area contributed by atoms with Gasteiger partial charge in [-0.15, -0.1) is 23.2 Å². The van der Waals surface area contributed by atoms with E-state index in [2.05, 4.69) is 0 Å². The van der Waals surface area contributed by atoms with E-state index in [1.807, 2.05) is 45.0 Å². The summed E-state index contributed by atoms with van der Waals surface area (Å²) in [5.41, 5.74) is 1.16. The maximum absolute atomic E-state index is 10.2. The molecule has 0 saturated heterocycles. The number of carboxylic acids is 1. The molecule has 0 aliphatic heterocycles. The van der Waals surface area contributed by atoms with Crippen LogP contribution in [0.2, 0.25) is 0 Å². The van der Waals surface area contributed by atoms with Gasteiger partial charge in [0.1, 0.15) is 5.75 Å². The van der Waals surface area contributed by atoms with Crippen molar-refractivity contribution in [2.45, 2.75) is 40.0 Å². The summed E-state index contributed by atoms with van der Waals surface area (Å²) in [5.74, 6) is 1.46. The second-order valence-corrected chi connectivity index (χ2v) is 4.94. The second-order valence-electron chi connectivity index (χ2n) is 4.18. The molecule has 0 bridgehead atoms. The minimum atomic E-state index is -0.841. The van der Waals surface area contributed by atoms with Crippen LogP contribution in [0.1, 0.15) is 38.7 Å². The lowest BCUT2D eigenvalue weighted by Crippen LogP contribution is -2.04. The Labute approximate surface area is 138 Å². The van der Waals surface area contributed by atoms with E-state index in [1.165, 1.54) is 0 Å². The Morgan fingerprint density at radius 1 is 1.10 bits per heavy atom. The molecule has 0 saturated carbocycles. The molecule has 1 N–H and O–H groups in total. The number of halogens is 2. The van der Waals surface area contributed by atoms with Crippen molar-refractivity contribution in [3.05, 3.63) is 29.8 Å². The van der Waals surface area contributed by atoms with Gasteiger partial charge in [-0.1, -0.05) is 31.5 Å². The van der Waals surface area contributed by atoms with Crippen LogP contribution in [0.5, 0.6) is 5.75 Å². The van der Waals surface area contributed by atoms with Gasteiger partial charge in [0.05, 0.1) is 13.0 Å². The summed E-state index contributed by atoms with van der Waals surface area (Å²) >= 11 is 10.4. The minimum absolute atomic E-state index is 0.0356. The number of alkyl halides is 2. The van der Waals surface area contributed by atoms with E-state index in [-0.39, 0.29) is 13.0 Å². The van der Waals surface area contributed by atoms with Gasteiger partial charge in [0, 0.05) is 11.8 Å². The van der Waals surface area contributed by atoms with Crippen LogP contribution in [0.25, 0.3) is 0 Å². The minimum Gasteiger partial charge on any atom is -0.493 e. The van der Waals surface area contributed by atoms with Crippen LogP contribution in [-0.2, 0) is 4.79 Å². The van der Waals surface area contributed by atoms with Crippen molar-refractivity contribution < 1.29 is 14.6 Å². The SMILES string of the molecule is CCCCl.CCCCl.Cc1ccc(OCCC(=O)O)cc1. The van der Waals surface area contributed by atoms with E-state index in [4.69, 9.17) is 33.0 Å². The average molecular weight is 337 g/mol. The highest BCUT2D eigenvalue weighted by Gasteiger charge is 1.97. The van der Waals surface area contributed by atoms with Gasteiger partial charge in [0.2, 0.25) is 0 Å². The summed E-state index contributed by atoms with van der Waals surface area (Å²) in [4.78, 5) is 10.2. The van der Waals surface area contributed by atoms with Crippen LogP contribution >= 0.6 is 23.2 Å². The number of hydrogen-bond donors (Lipinski definition) is 1. The Morgan fingerprint density at radius 3 is 1.86 bits per heavy atom. The Morgan fingerprint density at radius 2 is 1.52 bits per heavy atom. The third-order valence-electron chi connectivity index (χ3n) is 1.98. The zero-order chi connectivity index (χ0) is 16.5. The van der Waals surface area contributed by atoms with E-state index in [1.54, 1.807) is 0 Å². The zero-order valence-electron chi connectivity index (χ0n) is 13.1. The Bertz CT molecular complexity index is 332. The van der Waals surface area contributed by atoms with Crippen LogP contribution in [0, 0.1) is 6.92 Å². The number of aliphatic carboxylic acids is 1. The highest BCUT2D eigenvalue weighted by Crippen LogP contribution is 2.11. The molecule has 0 radical (unpaired) electrons. The van der Waals surface area contributed by atoms with E-state index in [0.29, 0.717) is 5.75 Å². The van der Waals surface area contributed by atoms with Crippen molar-refractivity contribution in [2.24, 2.45) is 0 Å². The first-order valence-electron chi connectivity index (χ1n) is 7.04. The summed E-state index contributed by atoms with van der Waals surface area (Å²) in [6, 6.07) is 7.51. The summed E-state index contributed by atoms with van der Waals surface area (Å²) in [6.45, 7) is 6.30. The molecule has 0 aliphatic carbocycles. The number of hydrogen-bond acceptors (Lipinski definition) is 2. The molecule has 0 unspecified atom stereocenters. The normalized spacial score (nSPS) is 8.81. The first-order chi connectivity index (χ1) is 10.0. The number of benzene rings is 1. The highest BCUT2D eigenvalue weighted by molar-refractivity contribution is 6.18. The molecule has 1 rings (SSSR count). The Hall–Kier alpha value is -0.930. The molecule has 0 amide bonds. The highest BCUT2D eigenvalue weighted by atomic mass is 35.5. The second kappa shape index (κ2) is 17.1. The van der Waals surface area contributed by atoms with Crippen LogP contribution in [0.3, 0.4) is 0 Å². The molecule has 1 aromatic rings. The fraction of sp³-hybridized carbons (Fsp3) is 0.562. The van der Waals surface area contributed by atoms with Crippen molar-refractivity contribution in [2.75, 3.05) is 18.4 Å². The first-order valence-corrected chi connectivity index (χ1v) is 8.11. The largest absolute Gasteiger partial charge is 0.493 e. The van der Waals surface area contributed by atoms with Crippen molar-refractivity contribution >= 4 is 29.2 Å². The van der Waals surface area contributed by atoms with Gasteiger partial charge in [-0.25, -0.2) is 0 Å². The Kier molecular flexibility index (Phi) is 18.2. The smallest absolute Gasteiger partial charge is 0.306 e. The molecule has 0 aromatic heterocycles. The predicted molar refractivity (Wildman–Crippen MR) is 90.9 cm³/mol. The summed E-state index contributed by atoms with van der Waals surface area (Å²) < 4.78 is 5.19. The molecule has 0 spiro atoms. The van der Waals surface area contributed by atoms with Gasteiger partial charge < -0.3 is 9.84 Å². The molecular weight excluding hydrogens is 311 g/mol. The monoisotopic (exact) mass is 336 g/mol. The number of ether oxygens (including phenoxy) is 1. The fourth-order valence-corrected chi connectivity index (χ4v) is 0.891. The standard InChI is InChI=1S/C10H12O3.2C3H7Cl/c1-8-2-4-9(5-3-8)13-7-6-10(11)12;2*1-2-3-4/h2-5H,6-7H2,1H3,(H,11,12);2*2-3H2,1H3. The lowest BCUT2D eigenvalue weighted by Gasteiger charge is -2.03. The van der Waals surface area contributed by atoms with Gasteiger partial charge in [-0.2, -0.15) is 0 Å².